The number of nitrogens with one attached hydrogen (secondary N) is 1. The minimum atomic E-state index is 0.309. The molecule has 2 saturated heterocycles. The molecule has 4 rings (SSSR count). The summed E-state index contributed by atoms with van der Waals surface area (Å²) in [7, 11) is 2.21. The zero-order chi connectivity index (χ0) is 17.9. The zero-order valence-electron chi connectivity index (χ0n) is 16.0. The number of rotatable bonds is 4. The number of anilines is 1. The van der Waals surface area contributed by atoms with Gasteiger partial charge in [-0.1, -0.05) is 0 Å². The molecule has 1 aliphatic carbocycles. The maximum absolute atomic E-state index is 9.32. The molecule has 1 aromatic rings. The van der Waals surface area contributed by atoms with E-state index >= 15 is 0 Å². The van der Waals surface area contributed by atoms with Gasteiger partial charge in [0.05, 0.1) is 5.69 Å². The summed E-state index contributed by atoms with van der Waals surface area (Å²) in [6.45, 7) is 4.61. The highest BCUT2D eigenvalue weighted by atomic mass is 16.3. The van der Waals surface area contributed by atoms with E-state index in [9.17, 15) is 5.11 Å². The Kier molecular flexibility index (Phi) is 5.72. The average molecular weight is 360 g/mol. The highest BCUT2D eigenvalue weighted by molar-refractivity contribution is 5.36. The maximum Gasteiger partial charge on any atom is 0.225 e. The number of aromatic nitrogens is 2. The van der Waals surface area contributed by atoms with Gasteiger partial charge in [0.2, 0.25) is 5.95 Å². The van der Waals surface area contributed by atoms with Crippen LogP contribution in [0.4, 0.5) is 5.95 Å². The van der Waals surface area contributed by atoms with Crippen LogP contribution in [0.3, 0.4) is 0 Å². The number of hydrogen-bond acceptors (Lipinski definition) is 6. The van der Waals surface area contributed by atoms with E-state index in [1.54, 1.807) is 0 Å². The van der Waals surface area contributed by atoms with Gasteiger partial charge in [0, 0.05) is 43.5 Å². The molecule has 0 bridgehead atoms. The van der Waals surface area contributed by atoms with Crippen LogP contribution >= 0.6 is 0 Å². The molecule has 0 spiro atoms. The molecule has 6 heteroatoms. The first-order chi connectivity index (χ1) is 12.7. The first kappa shape index (κ1) is 18.1. The van der Waals surface area contributed by atoms with Crippen molar-refractivity contribution in [2.45, 2.75) is 57.0 Å². The molecule has 1 aromatic heterocycles. The van der Waals surface area contributed by atoms with Gasteiger partial charge in [-0.25, -0.2) is 9.97 Å². The molecule has 3 heterocycles. The lowest BCUT2D eigenvalue weighted by atomic mass is 9.91. The summed E-state index contributed by atoms with van der Waals surface area (Å²) in [4.78, 5) is 14.4. The average Bonchev–Trinajstić information content (AvgIpc) is 2.69. The first-order valence-corrected chi connectivity index (χ1v) is 10.4. The van der Waals surface area contributed by atoms with Gasteiger partial charge >= 0.3 is 0 Å². The number of fused-ring (bicyclic) bond motifs is 1. The summed E-state index contributed by atoms with van der Waals surface area (Å²) in [5.41, 5.74) is 2.57. The van der Waals surface area contributed by atoms with Crippen LogP contribution < -0.4 is 10.2 Å². The molecular weight excluding hydrogens is 326 g/mol. The third kappa shape index (κ3) is 4.02. The number of likely N-dealkylation sites (tertiary alicyclic amines) is 1. The van der Waals surface area contributed by atoms with E-state index < -0.39 is 0 Å². The first-order valence-electron chi connectivity index (χ1n) is 10.4. The van der Waals surface area contributed by atoms with Crippen molar-refractivity contribution < 1.29 is 5.11 Å². The normalized spacial score (nSPS) is 26.1. The van der Waals surface area contributed by atoms with Crippen molar-refractivity contribution in [1.29, 1.82) is 0 Å². The number of aliphatic hydroxyl groups excluding tert-OH is 1. The predicted molar refractivity (Wildman–Crippen MR) is 103 cm³/mol. The van der Waals surface area contributed by atoms with E-state index in [-0.39, 0.29) is 0 Å². The zero-order valence-corrected chi connectivity index (χ0v) is 16.0. The quantitative estimate of drug-likeness (QED) is 0.854. The van der Waals surface area contributed by atoms with Gasteiger partial charge in [0.15, 0.2) is 0 Å². The number of piperidine rings is 2. The highest BCUT2D eigenvalue weighted by Crippen LogP contribution is 2.31. The van der Waals surface area contributed by atoms with E-state index in [1.807, 2.05) is 0 Å². The molecule has 0 saturated carbocycles. The number of hydrogen-bond donors (Lipinski definition) is 2. The van der Waals surface area contributed by atoms with Crippen molar-refractivity contribution >= 4 is 5.95 Å². The molecule has 3 aliphatic rings. The van der Waals surface area contributed by atoms with E-state index in [0.29, 0.717) is 24.6 Å². The van der Waals surface area contributed by atoms with Crippen molar-refractivity contribution in [3.8, 4) is 0 Å². The van der Waals surface area contributed by atoms with Crippen LogP contribution in [-0.2, 0) is 6.42 Å². The second-order valence-electron chi connectivity index (χ2n) is 8.37. The lowest BCUT2D eigenvalue weighted by Crippen LogP contribution is -2.43. The number of nitrogens with zero attached hydrogens (tertiary/aromatic N) is 4. The van der Waals surface area contributed by atoms with Crippen LogP contribution in [0.2, 0.25) is 0 Å². The fraction of sp³-hybridized carbons (Fsp3) is 0.800. The van der Waals surface area contributed by atoms with Gasteiger partial charge in [-0.15, -0.1) is 0 Å². The monoisotopic (exact) mass is 359 g/mol. The third-order valence-corrected chi connectivity index (χ3v) is 6.48. The number of aliphatic hydroxyl groups is 1. The molecule has 26 heavy (non-hydrogen) atoms. The molecule has 2 aliphatic heterocycles. The minimum absolute atomic E-state index is 0.309. The molecule has 6 nitrogen and oxygen atoms in total. The summed E-state index contributed by atoms with van der Waals surface area (Å²) in [6, 6.07) is 1.04. The second-order valence-corrected chi connectivity index (χ2v) is 8.37. The Morgan fingerprint density at radius 2 is 1.88 bits per heavy atom. The summed E-state index contributed by atoms with van der Waals surface area (Å²) < 4.78 is 0. The van der Waals surface area contributed by atoms with Gasteiger partial charge in [0.25, 0.3) is 0 Å². The van der Waals surface area contributed by atoms with Gasteiger partial charge < -0.3 is 20.2 Å². The van der Waals surface area contributed by atoms with Gasteiger partial charge in [0.1, 0.15) is 0 Å². The molecule has 2 fully saturated rings. The van der Waals surface area contributed by atoms with Crippen LogP contribution in [0, 0.1) is 5.92 Å². The van der Waals surface area contributed by atoms with Crippen molar-refractivity contribution in [2.24, 2.45) is 5.92 Å². The highest BCUT2D eigenvalue weighted by Gasteiger charge is 2.27. The lowest BCUT2D eigenvalue weighted by molar-refractivity contribution is 0.202. The smallest absolute Gasteiger partial charge is 0.225 e. The fourth-order valence-electron chi connectivity index (χ4n) is 4.64. The van der Waals surface area contributed by atoms with E-state index in [1.165, 1.54) is 50.0 Å². The summed E-state index contributed by atoms with van der Waals surface area (Å²) in [6.07, 6.45) is 10.1. The van der Waals surface area contributed by atoms with Crippen molar-refractivity contribution in [3.63, 3.8) is 0 Å². The van der Waals surface area contributed by atoms with Gasteiger partial charge in [-0.05, 0) is 71.0 Å². The van der Waals surface area contributed by atoms with Crippen molar-refractivity contribution in [1.82, 2.24) is 20.2 Å². The molecule has 144 valence electrons. The lowest BCUT2D eigenvalue weighted by Gasteiger charge is -2.35. The third-order valence-electron chi connectivity index (χ3n) is 6.48. The largest absolute Gasteiger partial charge is 0.396 e. The topological polar surface area (TPSA) is 64.5 Å². The molecule has 0 aromatic carbocycles. The Morgan fingerprint density at radius 1 is 1.12 bits per heavy atom. The second kappa shape index (κ2) is 8.19. The molecule has 1 atom stereocenters. The number of aryl methyl sites for hydroxylation is 1. The Hall–Kier alpha value is -1.24. The molecule has 2 N–H and O–H groups in total. The minimum Gasteiger partial charge on any atom is -0.396 e. The Balaban J connectivity index is 1.42. The van der Waals surface area contributed by atoms with Crippen LogP contribution in [0.1, 0.15) is 55.8 Å². The SMILES string of the molecule is CN1CCC(NC2CCCc3nc(N4CCC(CO)CC4)ncc32)CC1. The molecular formula is C20H33N5O. The van der Waals surface area contributed by atoms with Gasteiger partial charge in [-0.3, -0.25) is 0 Å². The maximum atomic E-state index is 9.32. The van der Waals surface area contributed by atoms with Crippen LogP contribution in [-0.4, -0.2) is 65.8 Å². The van der Waals surface area contributed by atoms with E-state index in [2.05, 4.69) is 28.4 Å². The Morgan fingerprint density at radius 3 is 2.62 bits per heavy atom. The summed E-state index contributed by atoms with van der Waals surface area (Å²) >= 11 is 0. The van der Waals surface area contributed by atoms with Crippen LogP contribution in [0.5, 0.6) is 0 Å². The van der Waals surface area contributed by atoms with Crippen molar-refractivity contribution in [2.75, 3.05) is 44.7 Å². The molecule has 0 amide bonds. The summed E-state index contributed by atoms with van der Waals surface area (Å²) in [5.74, 6) is 1.34. The van der Waals surface area contributed by atoms with Crippen LogP contribution in [0.15, 0.2) is 6.20 Å². The standard InChI is InChI=1S/C20H33N5O/c1-24-9-7-16(8-10-24)22-18-3-2-4-19-17(18)13-21-20(23-19)25-11-5-15(14-26)6-12-25/h13,15-16,18,22,26H,2-12,14H2,1H3. The van der Waals surface area contributed by atoms with E-state index in [4.69, 9.17) is 9.97 Å². The Labute approximate surface area is 157 Å². The van der Waals surface area contributed by atoms with E-state index in [0.717, 1.165) is 38.3 Å². The van der Waals surface area contributed by atoms with Gasteiger partial charge in [-0.2, -0.15) is 0 Å². The summed E-state index contributed by atoms with van der Waals surface area (Å²) in [5, 5.41) is 13.2. The molecule has 1 unspecified atom stereocenters. The van der Waals surface area contributed by atoms with Crippen LogP contribution in [0.25, 0.3) is 0 Å². The van der Waals surface area contributed by atoms with Crippen molar-refractivity contribution in [3.05, 3.63) is 17.5 Å². The predicted octanol–water partition coefficient (Wildman–Crippen LogP) is 1.75. The fourth-order valence-corrected chi connectivity index (χ4v) is 4.64. The Bertz CT molecular complexity index is 594. The molecule has 0 radical (unpaired) electrons.